The van der Waals surface area contributed by atoms with Gasteiger partial charge in [-0.05, 0) is 19.1 Å². The van der Waals surface area contributed by atoms with E-state index in [0.29, 0.717) is 18.0 Å². The minimum absolute atomic E-state index is 0.372. The molecule has 0 radical (unpaired) electrons. The maximum Gasteiger partial charge on any atom is 0.243 e. The number of hydrogen-bond donors (Lipinski definition) is 0. The second kappa shape index (κ2) is 4.77. The van der Waals surface area contributed by atoms with E-state index < -0.39 is 10.0 Å². The van der Waals surface area contributed by atoms with E-state index in [2.05, 4.69) is 0 Å². The van der Waals surface area contributed by atoms with Crippen LogP contribution in [0.4, 0.5) is 0 Å². The molecule has 0 bridgehead atoms. The first-order valence-electron chi connectivity index (χ1n) is 5.09. The van der Waals surface area contributed by atoms with Gasteiger partial charge in [-0.1, -0.05) is 31.5 Å². The van der Waals surface area contributed by atoms with Crippen LogP contribution in [0.15, 0.2) is 29.2 Å². The molecule has 0 aliphatic rings. The molecule has 84 valence electrons. The third kappa shape index (κ3) is 2.58. The Morgan fingerprint density at radius 1 is 1.07 bits per heavy atom. The molecule has 0 fully saturated rings. The fourth-order valence-corrected chi connectivity index (χ4v) is 2.88. The summed E-state index contributed by atoms with van der Waals surface area (Å²) >= 11 is 0. The van der Waals surface area contributed by atoms with Crippen molar-refractivity contribution in [3.8, 4) is 0 Å². The van der Waals surface area contributed by atoms with Crippen LogP contribution in [0, 0.1) is 6.92 Å². The fraction of sp³-hybridized carbons (Fsp3) is 0.455. The molecule has 0 aliphatic carbocycles. The van der Waals surface area contributed by atoms with E-state index in [-0.39, 0.29) is 0 Å². The first-order chi connectivity index (χ1) is 7.02. The van der Waals surface area contributed by atoms with Crippen LogP contribution in [0.2, 0.25) is 0 Å². The van der Waals surface area contributed by atoms with Gasteiger partial charge in [-0.3, -0.25) is 0 Å². The largest absolute Gasteiger partial charge is 0.243 e. The van der Waals surface area contributed by atoms with Gasteiger partial charge in [-0.2, -0.15) is 4.31 Å². The van der Waals surface area contributed by atoms with Crippen LogP contribution >= 0.6 is 0 Å². The van der Waals surface area contributed by atoms with Crippen LogP contribution in [0.5, 0.6) is 0 Å². The molecule has 0 amide bonds. The minimum Gasteiger partial charge on any atom is -0.207 e. The van der Waals surface area contributed by atoms with Gasteiger partial charge in [0.25, 0.3) is 0 Å². The molecule has 0 atom stereocenters. The summed E-state index contributed by atoms with van der Waals surface area (Å²) in [5, 5.41) is 0. The zero-order chi connectivity index (χ0) is 11.5. The predicted octanol–water partition coefficient (Wildman–Crippen LogP) is 2.03. The van der Waals surface area contributed by atoms with Gasteiger partial charge in [-0.15, -0.1) is 0 Å². The highest BCUT2D eigenvalue weighted by Crippen LogP contribution is 2.15. The van der Waals surface area contributed by atoms with Gasteiger partial charge in [0.05, 0.1) is 4.90 Å². The lowest BCUT2D eigenvalue weighted by atomic mass is 10.2. The van der Waals surface area contributed by atoms with Crippen molar-refractivity contribution in [2.24, 2.45) is 0 Å². The van der Waals surface area contributed by atoms with E-state index in [0.717, 1.165) is 5.56 Å². The second-order valence-corrected chi connectivity index (χ2v) is 5.34. The summed E-state index contributed by atoms with van der Waals surface area (Å²) in [7, 11) is -3.28. The smallest absolute Gasteiger partial charge is 0.207 e. The van der Waals surface area contributed by atoms with Crippen molar-refractivity contribution < 1.29 is 8.42 Å². The molecule has 1 rings (SSSR count). The highest BCUT2D eigenvalue weighted by Gasteiger charge is 2.20. The van der Waals surface area contributed by atoms with Gasteiger partial charge in [0, 0.05) is 13.1 Å². The van der Waals surface area contributed by atoms with Crippen molar-refractivity contribution in [3.05, 3.63) is 29.8 Å². The first-order valence-corrected chi connectivity index (χ1v) is 6.53. The van der Waals surface area contributed by atoms with E-state index in [1.54, 1.807) is 12.1 Å². The van der Waals surface area contributed by atoms with Crippen molar-refractivity contribution in [1.82, 2.24) is 4.31 Å². The molecule has 0 aliphatic heterocycles. The molecule has 4 heteroatoms. The number of aryl methyl sites for hydroxylation is 1. The molecule has 0 heterocycles. The lowest BCUT2D eigenvalue weighted by Crippen LogP contribution is -2.30. The van der Waals surface area contributed by atoms with Crippen molar-refractivity contribution in [1.29, 1.82) is 0 Å². The van der Waals surface area contributed by atoms with Crippen LogP contribution in [0.1, 0.15) is 19.4 Å². The number of sulfonamides is 1. The molecule has 15 heavy (non-hydrogen) atoms. The second-order valence-electron chi connectivity index (χ2n) is 3.40. The molecule has 0 N–H and O–H groups in total. The third-order valence-corrected chi connectivity index (χ3v) is 4.43. The first kappa shape index (κ1) is 12.2. The zero-order valence-electron chi connectivity index (χ0n) is 9.40. The number of benzene rings is 1. The summed E-state index contributed by atoms with van der Waals surface area (Å²) < 4.78 is 25.5. The lowest BCUT2D eigenvalue weighted by molar-refractivity contribution is 0.445. The molecule has 0 spiro atoms. The Labute approximate surface area is 91.8 Å². The Kier molecular flexibility index (Phi) is 3.88. The minimum atomic E-state index is -3.28. The van der Waals surface area contributed by atoms with Gasteiger partial charge in [0.1, 0.15) is 0 Å². The topological polar surface area (TPSA) is 37.4 Å². The predicted molar refractivity (Wildman–Crippen MR) is 61.3 cm³/mol. The molecule has 0 aromatic heterocycles. The Morgan fingerprint density at radius 3 is 1.93 bits per heavy atom. The summed E-state index contributed by atoms with van der Waals surface area (Å²) in [5.41, 5.74) is 1.06. The average molecular weight is 227 g/mol. The standard InChI is InChI=1S/C11H17NO2S/c1-4-12(5-2)15(13,14)11-8-6-10(3)7-9-11/h6-9H,4-5H2,1-3H3. The Hall–Kier alpha value is -0.870. The van der Waals surface area contributed by atoms with Crippen molar-refractivity contribution in [3.63, 3.8) is 0 Å². The molecule has 0 saturated carbocycles. The zero-order valence-corrected chi connectivity index (χ0v) is 10.2. The molecular weight excluding hydrogens is 210 g/mol. The van der Waals surface area contributed by atoms with E-state index in [1.165, 1.54) is 4.31 Å². The van der Waals surface area contributed by atoms with E-state index in [4.69, 9.17) is 0 Å². The maximum atomic E-state index is 12.0. The van der Waals surface area contributed by atoms with Crippen molar-refractivity contribution >= 4 is 10.0 Å². The highest BCUT2D eigenvalue weighted by atomic mass is 32.2. The molecule has 1 aromatic rings. The normalized spacial score (nSPS) is 12.0. The summed E-state index contributed by atoms with van der Waals surface area (Å²) in [5.74, 6) is 0. The molecule has 0 saturated heterocycles. The fourth-order valence-electron chi connectivity index (χ4n) is 1.42. The van der Waals surface area contributed by atoms with Crippen LogP contribution in [-0.2, 0) is 10.0 Å². The molecule has 0 unspecified atom stereocenters. The van der Waals surface area contributed by atoms with E-state index >= 15 is 0 Å². The van der Waals surface area contributed by atoms with Crippen molar-refractivity contribution in [2.75, 3.05) is 13.1 Å². The molecule has 3 nitrogen and oxygen atoms in total. The van der Waals surface area contributed by atoms with Crippen LogP contribution in [0.25, 0.3) is 0 Å². The van der Waals surface area contributed by atoms with Crippen LogP contribution < -0.4 is 0 Å². The molecule has 1 aromatic carbocycles. The Balaban J connectivity index is 3.11. The summed E-state index contributed by atoms with van der Waals surface area (Å²) in [6.45, 7) is 6.64. The summed E-state index contributed by atoms with van der Waals surface area (Å²) in [6, 6.07) is 6.94. The molecular formula is C11H17NO2S. The van der Waals surface area contributed by atoms with Gasteiger partial charge in [0.2, 0.25) is 10.0 Å². The van der Waals surface area contributed by atoms with Gasteiger partial charge in [0.15, 0.2) is 0 Å². The Morgan fingerprint density at radius 2 is 1.53 bits per heavy atom. The van der Waals surface area contributed by atoms with Crippen molar-refractivity contribution in [2.45, 2.75) is 25.7 Å². The summed E-state index contributed by atoms with van der Waals surface area (Å²) in [6.07, 6.45) is 0. The average Bonchev–Trinajstić information content (AvgIpc) is 2.19. The van der Waals surface area contributed by atoms with Crippen LogP contribution in [0.3, 0.4) is 0 Å². The van der Waals surface area contributed by atoms with E-state index in [9.17, 15) is 8.42 Å². The lowest BCUT2D eigenvalue weighted by Gasteiger charge is -2.18. The number of rotatable bonds is 4. The van der Waals surface area contributed by atoms with Gasteiger partial charge >= 0.3 is 0 Å². The quantitative estimate of drug-likeness (QED) is 0.789. The SMILES string of the molecule is CCN(CC)S(=O)(=O)c1ccc(C)cc1. The monoisotopic (exact) mass is 227 g/mol. The van der Waals surface area contributed by atoms with Gasteiger partial charge < -0.3 is 0 Å². The number of hydrogen-bond acceptors (Lipinski definition) is 2. The number of nitrogens with zero attached hydrogens (tertiary/aromatic N) is 1. The van der Waals surface area contributed by atoms with Crippen LogP contribution in [-0.4, -0.2) is 25.8 Å². The highest BCUT2D eigenvalue weighted by molar-refractivity contribution is 7.89. The van der Waals surface area contributed by atoms with Gasteiger partial charge in [-0.25, -0.2) is 8.42 Å². The Bertz CT molecular complexity index is 405. The summed E-state index contributed by atoms with van der Waals surface area (Å²) in [4.78, 5) is 0.372. The third-order valence-electron chi connectivity index (χ3n) is 2.36. The maximum absolute atomic E-state index is 12.0. The van der Waals surface area contributed by atoms with E-state index in [1.807, 2.05) is 32.9 Å².